The van der Waals surface area contributed by atoms with Crippen molar-refractivity contribution < 1.29 is 0 Å². The normalized spacial score (nSPS) is 11.6. The molecular formula is C132H84S3. The fourth-order valence-electron chi connectivity index (χ4n) is 21.3. The van der Waals surface area contributed by atoms with Crippen molar-refractivity contribution in [1.82, 2.24) is 0 Å². The van der Waals surface area contributed by atoms with Gasteiger partial charge in [0.15, 0.2) is 0 Å². The molecule has 24 aromatic carbocycles. The van der Waals surface area contributed by atoms with Crippen molar-refractivity contribution in [3.63, 3.8) is 0 Å². The van der Waals surface area contributed by atoms with Crippen molar-refractivity contribution >= 4 is 159 Å². The molecule has 0 aliphatic rings. The SMILES string of the molecule is c1ccc(-c2cccc(-c3c4ccccc4c(-c4cccc(-c5cccc6c5sc5ccccc56)c4)c4ccccc34)c2)cc1.c1ccc(-c2cccc(-c3c4ccccc4c(-c4ccccc4-c4cccc5c4sc4ccccc45)c4ccccc34)c2)cc1.c1ccc(-c2ccccc2-c2c3ccccc3c(-c3cccc(-c4cccc5c4sc4ccccc45)c3)c3ccccc23)cc1. The van der Waals surface area contributed by atoms with Gasteiger partial charge in [-0.15, -0.1) is 34.0 Å². The van der Waals surface area contributed by atoms with E-state index in [1.807, 2.05) is 34.0 Å². The summed E-state index contributed by atoms with van der Waals surface area (Å²) in [6.07, 6.45) is 0. The summed E-state index contributed by atoms with van der Waals surface area (Å²) in [5.41, 5.74) is 30.2. The highest BCUT2D eigenvalue weighted by Crippen LogP contribution is 2.53. The van der Waals surface area contributed by atoms with Crippen LogP contribution in [0.5, 0.6) is 0 Å². The zero-order valence-corrected chi connectivity index (χ0v) is 76.2. The van der Waals surface area contributed by atoms with E-state index in [1.54, 1.807) is 0 Å². The van der Waals surface area contributed by atoms with E-state index in [9.17, 15) is 0 Å². The Morgan fingerprint density at radius 2 is 0.289 bits per heavy atom. The summed E-state index contributed by atoms with van der Waals surface area (Å²) in [5, 5.41) is 23.2. The molecule has 0 atom stereocenters. The van der Waals surface area contributed by atoms with Gasteiger partial charge in [-0.3, -0.25) is 0 Å². The molecule has 0 saturated carbocycles. The number of rotatable bonds is 12. The van der Waals surface area contributed by atoms with Crippen LogP contribution in [0.1, 0.15) is 0 Å². The summed E-state index contributed by atoms with van der Waals surface area (Å²) in [7, 11) is 0. The van der Waals surface area contributed by atoms with Gasteiger partial charge in [-0.05, 0) is 235 Å². The molecule has 0 aliphatic carbocycles. The van der Waals surface area contributed by atoms with E-state index in [0.717, 1.165) is 0 Å². The first-order valence-corrected chi connectivity index (χ1v) is 48.8. The molecule has 0 amide bonds. The smallest absolute Gasteiger partial charge is 0.0434 e. The highest BCUT2D eigenvalue weighted by atomic mass is 32.1. The van der Waals surface area contributed by atoms with Gasteiger partial charge in [0.05, 0.1) is 0 Å². The number of thiophene rings is 3. The van der Waals surface area contributed by atoms with Crippen LogP contribution in [0.15, 0.2) is 510 Å². The molecule has 630 valence electrons. The highest BCUT2D eigenvalue weighted by molar-refractivity contribution is 7.27. The summed E-state index contributed by atoms with van der Waals surface area (Å²) in [6, 6.07) is 186. The molecule has 3 heteroatoms. The summed E-state index contributed by atoms with van der Waals surface area (Å²) >= 11 is 5.67. The lowest BCUT2D eigenvalue weighted by Gasteiger charge is -2.20. The van der Waals surface area contributed by atoms with Gasteiger partial charge in [-0.1, -0.05) is 467 Å². The molecule has 0 unspecified atom stereocenters. The Morgan fingerprint density at radius 1 is 0.0963 bits per heavy atom. The monoisotopic (exact) mass is 1760 g/mol. The van der Waals surface area contributed by atoms with Crippen molar-refractivity contribution in [2.24, 2.45) is 0 Å². The fourth-order valence-corrected chi connectivity index (χ4v) is 25.0. The Balaban J connectivity index is 0.000000108. The molecule has 0 spiro atoms. The van der Waals surface area contributed by atoms with E-state index in [1.165, 1.54) is 259 Å². The van der Waals surface area contributed by atoms with Gasteiger partial charge >= 0.3 is 0 Å². The lowest BCUT2D eigenvalue weighted by atomic mass is 9.83. The fraction of sp³-hybridized carbons (Fsp3) is 0. The first-order chi connectivity index (χ1) is 67.0. The Labute approximate surface area is 795 Å². The van der Waals surface area contributed by atoms with Crippen molar-refractivity contribution in [2.45, 2.75) is 0 Å². The van der Waals surface area contributed by atoms with Crippen LogP contribution in [-0.2, 0) is 0 Å². The first kappa shape index (κ1) is 80.6. The summed E-state index contributed by atoms with van der Waals surface area (Å²) in [4.78, 5) is 0. The van der Waals surface area contributed by atoms with Crippen LogP contribution in [0.25, 0.3) is 259 Å². The second-order valence-electron chi connectivity index (χ2n) is 34.9. The van der Waals surface area contributed by atoms with Crippen LogP contribution >= 0.6 is 34.0 Å². The third-order valence-electron chi connectivity index (χ3n) is 27.2. The number of hydrogen-bond donors (Lipinski definition) is 0. The van der Waals surface area contributed by atoms with E-state index >= 15 is 0 Å². The Bertz CT molecular complexity index is 9130. The average Bonchev–Trinajstić information content (AvgIpc) is 1.59. The molecule has 0 radical (unpaired) electrons. The van der Waals surface area contributed by atoms with E-state index in [0.29, 0.717) is 0 Å². The second-order valence-corrected chi connectivity index (χ2v) is 38.0. The van der Waals surface area contributed by atoms with Crippen molar-refractivity contribution in [2.75, 3.05) is 0 Å². The molecular weight excluding hydrogens is 1680 g/mol. The summed E-state index contributed by atoms with van der Waals surface area (Å²) in [6.45, 7) is 0. The van der Waals surface area contributed by atoms with Crippen LogP contribution in [0.3, 0.4) is 0 Å². The van der Waals surface area contributed by atoms with Gasteiger partial charge in [-0.25, -0.2) is 0 Å². The average molecular weight is 1770 g/mol. The minimum Gasteiger partial charge on any atom is -0.135 e. The van der Waals surface area contributed by atoms with Crippen molar-refractivity contribution in [3.8, 4) is 134 Å². The van der Waals surface area contributed by atoms with Gasteiger partial charge in [0.1, 0.15) is 0 Å². The van der Waals surface area contributed by atoms with Gasteiger partial charge < -0.3 is 0 Å². The quantitative estimate of drug-likeness (QED) is 0.107. The van der Waals surface area contributed by atoms with Crippen LogP contribution in [0, 0.1) is 0 Å². The molecule has 0 fully saturated rings. The minimum atomic E-state index is 1.23. The van der Waals surface area contributed by atoms with Gasteiger partial charge in [0.2, 0.25) is 0 Å². The van der Waals surface area contributed by atoms with E-state index in [-0.39, 0.29) is 0 Å². The van der Waals surface area contributed by atoms with E-state index in [2.05, 4.69) is 510 Å². The zero-order valence-electron chi connectivity index (χ0n) is 73.7. The maximum Gasteiger partial charge on any atom is 0.0434 e. The van der Waals surface area contributed by atoms with E-state index < -0.39 is 0 Å². The molecule has 27 rings (SSSR count). The lowest BCUT2D eigenvalue weighted by molar-refractivity contribution is 1.60. The lowest BCUT2D eigenvalue weighted by Crippen LogP contribution is -1.93. The predicted octanol–water partition coefficient (Wildman–Crippen LogP) is 39.1. The molecule has 3 heterocycles. The molecule has 0 saturated heterocycles. The Morgan fingerprint density at radius 3 is 0.615 bits per heavy atom. The number of hydrogen-bond acceptors (Lipinski definition) is 3. The van der Waals surface area contributed by atoms with E-state index in [4.69, 9.17) is 0 Å². The number of benzene rings is 24. The molecule has 27 aromatic rings. The summed E-state index contributed by atoms with van der Waals surface area (Å²) in [5.74, 6) is 0. The Hall–Kier alpha value is -16.5. The topological polar surface area (TPSA) is 0 Å². The standard InChI is InChI=1S/3C44H28S/c1-2-13-29(14-3-1)30-15-10-17-32(27-30)42-36-20-4-6-22-38(36)43(39-23-7-5-21-37(39)42)33-18-11-16-31(28-33)34-24-12-25-40-35-19-8-9-26-41(35)45-44(34)40;1-2-14-29(15-3-1)32-18-4-5-20-35(32)43-38-23-8-6-21-36(38)42(37-22-7-9-24-39(37)43)31-17-12-16-30(28-31)33-25-13-26-40-34-19-10-11-27-41(34)45-44(33)40;1-2-14-29(15-3-1)30-16-12-17-31(28-30)42-35-21-6-8-23-37(35)43(38-24-9-7-22-36(38)42)34-20-5-4-18-32(34)39-25-13-26-40-33-19-10-11-27-41(33)45-44(39)40/h3*1-28H. The number of fused-ring (bicyclic) bond motifs is 15. The third kappa shape index (κ3) is 14.4. The van der Waals surface area contributed by atoms with Crippen LogP contribution < -0.4 is 0 Å². The van der Waals surface area contributed by atoms with Gasteiger partial charge in [0.25, 0.3) is 0 Å². The molecule has 3 aromatic heterocycles. The largest absolute Gasteiger partial charge is 0.135 e. The van der Waals surface area contributed by atoms with Crippen molar-refractivity contribution in [3.05, 3.63) is 510 Å². The summed E-state index contributed by atoms with van der Waals surface area (Å²) < 4.78 is 8.03. The maximum atomic E-state index is 2.39. The maximum absolute atomic E-state index is 2.39. The van der Waals surface area contributed by atoms with Crippen molar-refractivity contribution in [1.29, 1.82) is 0 Å². The van der Waals surface area contributed by atoms with Gasteiger partial charge in [-0.2, -0.15) is 0 Å². The van der Waals surface area contributed by atoms with Crippen LogP contribution in [0.4, 0.5) is 0 Å². The zero-order chi connectivity index (χ0) is 89.2. The molecule has 135 heavy (non-hydrogen) atoms. The van der Waals surface area contributed by atoms with Crippen LogP contribution in [-0.4, -0.2) is 0 Å². The highest BCUT2D eigenvalue weighted by Gasteiger charge is 2.26. The second kappa shape index (κ2) is 34.7. The third-order valence-corrected chi connectivity index (χ3v) is 30.9. The molecule has 0 nitrogen and oxygen atoms in total. The molecule has 0 bridgehead atoms. The predicted molar refractivity (Wildman–Crippen MR) is 588 cm³/mol. The Kier molecular flexibility index (Phi) is 20.7. The van der Waals surface area contributed by atoms with Gasteiger partial charge in [0, 0.05) is 66.1 Å². The molecule has 0 aliphatic heterocycles. The molecule has 0 N–H and O–H groups in total. The minimum absolute atomic E-state index is 1.23. The van der Waals surface area contributed by atoms with Crippen LogP contribution in [0.2, 0.25) is 0 Å². The first-order valence-electron chi connectivity index (χ1n) is 46.3.